The van der Waals surface area contributed by atoms with Crippen LogP contribution in [0.1, 0.15) is 16.7 Å². The van der Waals surface area contributed by atoms with Gasteiger partial charge < -0.3 is 5.73 Å². The zero-order chi connectivity index (χ0) is 10.6. The average molecular weight is 208 g/mol. The number of thiol groups is 1. The minimum absolute atomic E-state index is 0.446. The van der Waals surface area contributed by atoms with Crippen molar-refractivity contribution in [3.8, 4) is 0 Å². The first-order valence-corrected chi connectivity index (χ1v) is 4.84. The summed E-state index contributed by atoms with van der Waals surface area (Å²) in [5, 5.41) is 3.61. The fourth-order valence-electron chi connectivity index (χ4n) is 1.28. The summed E-state index contributed by atoms with van der Waals surface area (Å²) in [6.07, 6.45) is 0. The first-order chi connectivity index (χ1) is 6.72. The molecule has 0 aromatic heterocycles. The van der Waals surface area contributed by atoms with Crippen LogP contribution in [0.2, 0.25) is 0 Å². The fourth-order valence-corrected chi connectivity index (χ4v) is 1.46. The summed E-state index contributed by atoms with van der Waals surface area (Å²) in [5.74, 6) is 0.612. The van der Waals surface area contributed by atoms with Crippen LogP contribution in [-0.2, 0) is 12.3 Å². The zero-order valence-corrected chi connectivity index (χ0v) is 8.83. The fraction of sp³-hybridized carbons (Fsp3) is 0.333. The first-order valence-electron chi connectivity index (χ1n) is 4.21. The molecule has 0 radical (unpaired) electrons. The molecule has 0 atom stereocenters. The van der Waals surface area contributed by atoms with Crippen molar-refractivity contribution in [1.29, 1.82) is 0 Å². The largest absolute Gasteiger partial charge is 0.326 e. The molecule has 74 valence electrons. The smallest absolute Gasteiger partial charge is 0.0410 e. The Hall–Kier alpha value is -1.16. The van der Waals surface area contributed by atoms with E-state index in [1.165, 1.54) is 0 Å². The molecular formula is C9H12N4S. The number of azide groups is 1. The lowest BCUT2D eigenvalue weighted by atomic mass is 10.0. The quantitative estimate of drug-likeness (QED) is 0.341. The number of hydrogen-bond acceptors (Lipinski definition) is 3. The van der Waals surface area contributed by atoms with Gasteiger partial charge in [0.25, 0.3) is 0 Å². The van der Waals surface area contributed by atoms with Gasteiger partial charge in [0.1, 0.15) is 0 Å². The monoisotopic (exact) mass is 208 g/mol. The van der Waals surface area contributed by atoms with Crippen LogP contribution in [0.25, 0.3) is 10.4 Å². The maximum Gasteiger partial charge on any atom is 0.0410 e. The van der Waals surface area contributed by atoms with Crippen molar-refractivity contribution in [1.82, 2.24) is 0 Å². The lowest BCUT2D eigenvalue weighted by Gasteiger charge is -2.08. The molecule has 5 heteroatoms. The molecule has 1 rings (SSSR count). The van der Waals surface area contributed by atoms with Gasteiger partial charge in [-0.2, -0.15) is 12.6 Å². The molecule has 0 aliphatic rings. The van der Waals surface area contributed by atoms with Crippen molar-refractivity contribution in [3.63, 3.8) is 0 Å². The lowest BCUT2D eigenvalue weighted by molar-refractivity contribution is 1.04. The second-order valence-electron chi connectivity index (χ2n) is 2.95. The van der Waals surface area contributed by atoms with Crippen LogP contribution in [0.4, 0.5) is 5.69 Å². The molecule has 0 fully saturated rings. The zero-order valence-electron chi connectivity index (χ0n) is 7.94. The van der Waals surface area contributed by atoms with Crippen LogP contribution in [0, 0.1) is 6.92 Å². The van der Waals surface area contributed by atoms with E-state index in [0.717, 1.165) is 16.7 Å². The molecule has 2 N–H and O–H groups in total. The third-order valence-electron chi connectivity index (χ3n) is 2.10. The lowest BCUT2D eigenvalue weighted by Crippen LogP contribution is -2.00. The van der Waals surface area contributed by atoms with E-state index in [2.05, 4.69) is 22.7 Å². The van der Waals surface area contributed by atoms with Gasteiger partial charge in [0.2, 0.25) is 0 Å². The molecule has 0 heterocycles. The van der Waals surface area contributed by atoms with Crippen LogP contribution in [0.3, 0.4) is 0 Å². The molecule has 1 aromatic rings. The summed E-state index contributed by atoms with van der Waals surface area (Å²) in [6, 6.07) is 3.82. The van der Waals surface area contributed by atoms with E-state index >= 15 is 0 Å². The minimum atomic E-state index is 0.446. The van der Waals surface area contributed by atoms with Gasteiger partial charge in [0.05, 0.1) is 0 Å². The number of rotatable bonds is 3. The predicted octanol–water partition coefficient (Wildman–Crippen LogP) is 2.83. The van der Waals surface area contributed by atoms with Gasteiger partial charge in [-0.25, -0.2) is 0 Å². The molecule has 0 saturated heterocycles. The summed E-state index contributed by atoms with van der Waals surface area (Å²) < 4.78 is 0. The maximum absolute atomic E-state index is 8.38. The second kappa shape index (κ2) is 4.91. The Balaban J connectivity index is 3.33. The Morgan fingerprint density at radius 3 is 2.79 bits per heavy atom. The van der Waals surface area contributed by atoms with Crippen LogP contribution < -0.4 is 5.73 Å². The third kappa shape index (κ3) is 2.20. The highest BCUT2D eigenvalue weighted by molar-refractivity contribution is 7.79. The van der Waals surface area contributed by atoms with Crippen LogP contribution in [-0.4, -0.2) is 0 Å². The Morgan fingerprint density at radius 1 is 1.57 bits per heavy atom. The van der Waals surface area contributed by atoms with Gasteiger partial charge in [0.15, 0.2) is 0 Å². The average Bonchev–Trinajstić information content (AvgIpc) is 2.21. The van der Waals surface area contributed by atoms with Crippen molar-refractivity contribution in [2.45, 2.75) is 19.2 Å². The normalized spacial score (nSPS) is 9.64. The maximum atomic E-state index is 8.38. The topological polar surface area (TPSA) is 74.8 Å². The summed E-state index contributed by atoms with van der Waals surface area (Å²) in [6.45, 7) is 2.34. The number of nitrogens with two attached hydrogens (primary N) is 1. The van der Waals surface area contributed by atoms with Crippen molar-refractivity contribution < 1.29 is 0 Å². The van der Waals surface area contributed by atoms with Gasteiger partial charge in [-0.1, -0.05) is 11.2 Å². The Bertz CT molecular complexity index is 383. The Morgan fingerprint density at radius 2 is 2.29 bits per heavy atom. The van der Waals surface area contributed by atoms with E-state index in [1.807, 2.05) is 19.1 Å². The number of benzene rings is 1. The van der Waals surface area contributed by atoms with Gasteiger partial charge in [-0.3, -0.25) is 0 Å². The first kappa shape index (κ1) is 10.9. The molecule has 0 bridgehead atoms. The highest BCUT2D eigenvalue weighted by Crippen LogP contribution is 2.25. The molecule has 14 heavy (non-hydrogen) atoms. The van der Waals surface area contributed by atoms with Crippen molar-refractivity contribution >= 4 is 18.3 Å². The Labute approximate surface area is 88.2 Å². The van der Waals surface area contributed by atoms with E-state index in [0.29, 0.717) is 18.0 Å². The Kier molecular flexibility index (Phi) is 3.83. The third-order valence-corrected chi connectivity index (χ3v) is 2.47. The predicted molar refractivity (Wildman–Crippen MR) is 60.6 cm³/mol. The van der Waals surface area contributed by atoms with E-state index in [4.69, 9.17) is 11.3 Å². The number of nitrogens with zero attached hydrogens (tertiary/aromatic N) is 3. The standard InChI is InChI=1S/C9H12N4S/c1-6-8(4-10)2-7(5-14)3-9(6)12-13-11/h2-3,14H,4-5,10H2,1H3. The van der Waals surface area contributed by atoms with Crippen molar-refractivity contribution in [2.24, 2.45) is 10.8 Å². The highest BCUT2D eigenvalue weighted by atomic mass is 32.1. The molecule has 0 saturated carbocycles. The van der Waals surface area contributed by atoms with E-state index in [1.54, 1.807) is 0 Å². The van der Waals surface area contributed by atoms with E-state index in [9.17, 15) is 0 Å². The molecule has 0 aliphatic heterocycles. The second-order valence-corrected chi connectivity index (χ2v) is 3.27. The van der Waals surface area contributed by atoms with Crippen molar-refractivity contribution in [3.05, 3.63) is 39.3 Å². The molecule has 1 aromatic carbocycles. The van der Waals surface area contributed by atoms with Crippen LogP contribution in [0.5, 0.6) is 0 Å². The molecule has 0 amide bonds. The molecule has 0 unspecified atom stereocenters. The minimum Gasteiger partial charge on any atom is -0.326 e. The van der Waals surface area contributed by atoms with Crippen LogP contribution in [0.15, 0.2) is 17.2 Å². The van der Waals surface area contributed by atoms with Gasteiger partial charge in [-0.05, 0) is 35.2 Å². The van der Waals surface area contributed by atoms with Gasteiger partial charge in [-0.15, -0.1) is 0 Å². The van der Waals surface area contributed by atoms with Gasteiger partial charge >= 0.3 is 0 Å². The van der Waals surface area contributed by atoms with E-state index in [-0.39, 0.29) is 0 Å². The molecular weight excluding hydrogens is 196 g/mol. The van der Waals surface area contributed by atoms with Crippen LogP contribution >= 0.6 is 12.6 Å². The molecule has 0 spiro atoms. The molecule has 0 aliphatic carbocycles. The highest BCUT2D eigenvalue weighted by Gasteiger charge is 2.03. The van der Waals surface area contributed by atoms with Crippen molar-refractivity contribution in [2.75, 3.05) is 0 Å². The van der Waals surface area contributed by atoms with Gasteiger partial charge in [0, 0.05) is 22.9 Å². The summed E-state index contributed by atoms with van der Waals surface area (Å²) in [4.78, 5) is 2.78. The molecule has 4 nitrogen and oxygen atoms in total. The SMILES string of the molecule is Cc1c(CN)cc(CS)cc1N=[N+]=[N-]. The summed E-state index contributed by atoms with van der Waals surface area (Å²) in [7, 11) is 0. The summed E-state index contributed by atoms with van der Waals surface area (Å²) in [5.41, 5.74) is 17.6. The summed E-state index contributed by atoms with van der Waals surface area (Å²) >= 11 is 4.17. The number of hydrogen-bond donors (Lipinski definition) is 2. The van der Waals surface area contributed by atoms with E-state index < -0.39 is 0 Å².